The van der Waals surface area contributed by atoms with Crippen LogP contribution in [0.15, 0.2) is 41.1 Å². The van der Waals surface area contributed by atoms with Gasteiger partial charge in [0.15, 0.2) is 0 Å². The lowest BCUT2D eigenvalue weighted by molar-refractivity contribution is -0.142. The van der Waals surface area contributed by atoms with Crippen molar-refractivity contribution >= 4 is 11.8 Å². The minimum atomic E-state index is -0.401. The van der Waals surface area contributed by atoms with Crippen molar-refractivity contribution in [3.63, 3.8) is 0 Å². The van der Waals surface area contributed by atoms with Crippen molar-refractivity contribution in [2.24, 2.45) is 11.8 Å². The van der Waals surface area contributed by atoms with Crippen molar-refractivity contribution in [3.8, 4) is 0 Å². The van der Waals surface area contributed by atoms with Gasteiger partial charge in [0.05, 0.1) is 11.7 Å². The molecule has 0 aliphatic carbocycles. The number of hydrogen-bond donors (Lipinski definition) is 1. The van der Waals surface area contributed by atoms with Crippen molar-refractivity contribution in [1.82, 2.24) is 15.4 Å². The van der Waals surface area contributed by atoms with E-state index in [-0.39, 0.29) is 35.5 Å². The first-order valence-electron chi connectivity index (χ1n) is 11.4. The van der Waals surface area contributed by atoms with E-state index in [2.05, 4.69) is 15.0 Å². The van der Waals surface area contributed by atoms with E-state index in [0.717, 1.165) is 17.7 Å². The number of carbonyl (C=O) groups excluding carboxylic acids is 2. The number of nitrogens with one attached hydrogen (secondary N) is 1. The maximum absolute atomic E-state index is 13.0. The summed E-state index contributed by atoms with van der Waals surface area (Å²) in [6.07, 6.45) is 3.09. The molecule has 1 fully saturated rings. The summed E-state index contributed by atoms with van der Waals surface area (Å²) >= 11 is 0. The molecule has 1 aliphatic rings. The van der Waals surface area contributed by atoms with Gasteiger partial charge in [0.1, 0.15) is 18.1 Å². The fourth-order valence-corrected chi connectivity index (χ4v) is 3.27. The topological polar surface area (TPSA) is 75.4 Å². The molecule has 2 aromatic rings. The third-order valence-corrected chi connectivity index (χ3v) is 5.52. The maximum atomic E-state index is 13.0. The number of amides is 2. The van der Waals surface area contributed by atoms with E-state index in [1.807, 2.05) is 48.5 Å². The van der Waals surface area contributed by atoms with Crippen molar-refractivity contribution < 1.29 is 18.5 Å². The number of aromatic nitrogens is 1. The molecule has 7 heteroatoms. The summed E-state index contributed by atoms with van der Waals surface area (Å²) < 4.78 is 17.5. The van der Waals surface area contributed by atoms with Gasteiger partial charge in [-0.25, -0.2) is 4.39 Å². The Kier molecular flexibility index (Phi) is 11.7. The Morgan fingerprint density at radius 3 is 2.22 bits per heavy atom. The van der Waals surface area contributed by atoms with Gasteiger partial charge >= 0.3 is 0 Å². The first-order valence-corrected chi connectivity index (χ1v) is 11.4. The van der Waals surface area contributed by atoms with Crippen LogP contribution in [0.4, 0.5) is 4.39 Å². The van der Waals surface area contributed by atoms with Crippen LogP contribution in [0.5, 0.6) is 0 Å². The zero-order valence-corrected chi connectivity index (χ0v) is 20.4. The average molecular weight is 448 g/mol. The highest BCUT2D eigenvalue weighted by atomic mass is 19.1. The van der Waals surface area contributed by atoms with Crippen LogP contribution in [0, 0.1) is 24.6 Å². The molecule has 0 bridgehead atoms. The van der Waals surface area contributed by atoms with Gasteiger partial charge in [0.25, 0.3) is 0 Å². The molecule has 6 nitrogen and oxygen atoms in total. The SMILES string of the molecule is CC.CC(NC(=O)C1CCCN1C(=O)C(C)C(C)C)c1ccc(F)cc1.Cc1ccon1. The molecule has 0 saturated carbocycles. The van der Waals surface area contributed by atoms with E-state index in [0.29, 0.717) is 13.0 Å². The molecule has 0 radical (unpaired) electrons. The molecule has 3 atom stereocenters. The zero-order valence-electron chi connectivity index (χ0n) is 20.4. The molecule has 1 aliphatic heterocycles. The van der Waals surface area contributed by atoms with Crippen molar-refractivity contribution in [1.29, 1.82) is 0 Å². The van der Waals surface area contributed by atoms with Gasteiger partial charge in [-0.1, -0.05) is 51.9 Å². The van der Waals surface area contributed by atoms with E-state index in [1.54, 1.807) is 29.4 Å². The minimum absolute atomic E-state index is 0.0529. The maximum Gasteiger partial charge on any atom is 0.243 e. The number of likely N-dealkylation sites (tertiary alicyclic amines) is 1. The van der Waals surface area contributed by atoms with Crippen LogP contribution in [0.3, 0.4) is 0 Å². The molecule has 1 saturated heterocycles. The largest absolute Gasteiger partial charge is 0.365 e. The van der Waals surface area contributed by atoms with Crippen LogP contribution in [0.1, 0.15) is 71.7 Å². The highest BCUT2D eigenvalue weighted by Crippen LogP contribution is 2.24. The third kappa shape index (κ3) is 8.09. The smallest absolute Gasteiger partial charge is 0.243 e. The summed E-state index contributed by atoms with van der Waals surface area (Å²) in [5.41, 5.74) is 1.77. The van der Waals surface area contributed by atoms with E-state index in [4.69, 9.17) is 0 Å². The van der Waals surface area contributed by atoms with Crippen LogP contribution in [-0.2, 0) is 9.59 Å². The Morgan fingerprint density at radius 2 is 1.75 bits per heavy atom. The molecule has 1 aromatic heterocycles. The predicted octanol–water partition coefficient (Wildman–Crippen LogP) is 5.30. The Labute approximate surface area is 191 Å². The number of halogens is 1. The zero-order chi connectivity index (χ0) is 24.3. The first-order chi connectivity index (χ1) is 15.2. The molecule has 1 N–H and O–H groups in total. The van der Waals surface area contributed by atoms with Gasteiger partial charge in [0, 0.05) is 18.5 Å². The summed E-state index contributed by atoms with van der Waals surface area (Å²) in [5, 5.41) is 6.50. The van der Waals surface area contributed by atoms with Crippen LogP contribution < -0.4 is 5.32 Å². The van der Waals surface area contributed by atoms with Crippen molar-refractivity contribution in [2.75, 3.05) is 6.54 Å². The standard InChI is InChI=1S/C19H27FN2O2.C4H5NO.C2H6/c1-12(2)13(3)19(24)22-11-5-6-17(22)18(23)21-14(4)15-7-9-16(20)10-8-15;1-4-2-3-6-5-4;1-2/h7-10,12-14,17H,5-6,11H2,1-4H3,(H,21,23);2-3H,1H3;1-2H3. The second kappa shape index (κ2) is 13.7. The van der Waals surface area contributed by atoms with Crippen LogP contribution in [-0.4, -0.2) is 34.5 Å². The molecule has 1 aromatic carbocycles. The molecule has 2 amide bonds. The molecular weight excluding hydrogens is 409 g/mol. The second-order valence-corrected chi connectivity index (χ2v) is 8.15. The molecule has 3 rings (SSSR count). The van der Waals surface area contributed by atoms with Crippen LogP contribution >= 0.6 is 0 Å². The third-order valence-electron chi connectivity index (χ3n) is 5.52. The summed E-state index contributed by atoms with van der Waals surface area (Å²) in [6, 6.07) is 7.28. The van der Waals surface area contributed by atoms with Gasteiger partial charge in [0.2, 0.25) is 11.8 Å². The molecular formula is C25H38FN3O3. The average Bonchev–Trinajstić information content (AvgIpc) is 3.46. The molecule has 32 heavy (non-hydrogen) atoms. The van der Waals surface area contributed by atoms with Crippen molar-refractivity contribution in [3.05, 3.63) is 53.7 Å². The summed E-state index contributed by atoms with van der Waals surface area (Å²) in [6.45, 7) is 14.3. The van der Waals surface area contributed by atoms with E-state index in [1.165, 1.54) is 12.1 Å². The van der Waals surface area contributed by atoms with Crippen LogP contribution in [0.2, 0.25) is 0 Å². The lowest BCUT2D eigenvalue weighted by Gasteiger charge is -2.29. The number of aryl methyl sites for hydroxylation is 1. The second-order valence-electron chi connectivity index (χ2n) is 8.15. The lowest BCUT2D eigenvalue weighted by atomic mass is 9.96. The quantitative estimate of drug-likeness (QED) is 0.675. The minimum Gasteiger partial charge on any atom is -0.365 e. The Hall–Kier alpha value is -2.70. The fourth-order valence-electron chi connectivity index (χ4n) is 3.27. The number of carbonyl (C=O) groups is 2. The molecule has 178 valence electrons. The predicted molar refractivity (Wildman–Crippen MR) is 124 cm³/mol. The van der Waals surface area contributed by atoms with Gasteiger partial charge in [-0.05, 0) is 50.3 Å². The van der Waals surface area contributed by atoms with Gasteiger partial charge < -0.3 is 14.7 Å². The summed E-state index contributed by atoms with van der Waals surface area (Å²) in [5.74, 6) is -0.217. The monoisotopic (exact) mass is 447 g/mol. The van der Waals surface area contributed by atoms with E-state index >= 15 is 0 Å². The Balaban J connectivity index is 0.000000542. The first kappa shape index (κ1) is 27.3. The van der Waals surface area contributed by atoms with Crippen molar-refractivity contribution in [2.45, 2.75) is 73.4 Å². The van der Waals surface area contributed by atoms with Gasteiger partial charge in [-0.15, -0.1) is 0 Å². The van der Waals surface area contributed by atoms with Gasteiger partial charge in [-0.2, -0.15) is 0 Å². The van der Waals surface area contributed by atoms with E-state index < -0.39 is 6.04 Å². The Morgan fingerprint density at radius 1 is 1.12 bits per heavy atom. The number of benzene rings is 1. The summed E-state index contributed by atoms with van der Waals surface area (Å²) in [7, 11) is 0. The van der Waals surface area contributed by atoms with E-state index in [9.17, 15) is 14.0 Å². The summed E-state index contributed by atoms with van der Waals surface area (Å²) in [4.78, 5) is 26.9. The molecule has 3 unspecified atom stereocenters. The molecule has 0 spiro atoms. The highest BCUT2D eigenvalue weighted by Gasteiger charge is 2.36. The lowest BCUT2D eigenvalue weighted by Crippen LogP contribution is -2.48. The number of rotatable bonds is 5. The highest BCUT2D eigenvalue weighted by molar-refractivity contribution is 5.89. The normalized spacial score (nSPS) is 16.9. The number of hydrogen-bond acceptors (Lipinski definition) is 4. The number of nitrogens with zero attached hydrogens (tertiary/aromatic N) is 2. The van der Waals surface area contributed by atoms with Gasteiger partial charge in [-0.3, -0.25) is 9.59 Å². The fraction of sp³-hybridized carbons (Fsp3) is 0.560. The Bertz CT molecular complexity index is 806. The van der Waals surface area contributed by atoms with Crippen LogP contribution in [0.25, 0.3) is 0 Å². The molecule has 2 heterocycles.